The molecule has 1 fully saturated rings. The minimum atomic E-state index is -4.44. The summed E-state index contributed by atoms with van der Waals surface area (Å²) in [4.78, 5) is 14.2. The number of benzene rings is 1. The van der Waals surface area contributed by atoms with E-state index in [1.165, 1.54) is 0 Å². The summed E-state index contributed by atoms with van der Waals surface area (Å²) in [6.45, 7) is 3.23. The van der Waals surface area contributed by atoms with Crippen LogP contribution in [0.2, 0.25) is 0 Å². The number of carbonyl (C=O) groups excluding carboxylic acids is 1. The zero-order valence-electron chi connectivity index (χ0n) is 15.5. The molecule has 0 aromatic heterocycles. The molecule has 0 radical (unpaired) electrons. The van der Waals surface area contributed by atoms with E-state index in [9.17, 15) is 18.0 Å². The highest BCUT2D eigenvalue weighted by Gasteiger charge is 2.36. The third kappa shape index (κ3) is 4.78. The summed E-state index contributed by atoms with van der Waals surface area (Å²) in [6.07, 6.45) is -1.62. The van der Waals surface area contributed by atoms with Gasteiger partial charge in [-0.1, -0.05) is 32.8 Å². The maximum Gasteiger partial charge on any atom is 0.405 e. The molecule has 3 unspecified atom stereocenters. The number of urea groups is 1. The molecule has 0 saturated heterocycles. The normalized spacial score (nSPS) is 24.6. The Balaban J connectivity index is 1.79. The number of halogens is 3. The lowest BCUT2D eigenvalue weighted by Gasteiger charge is -2.41. The largest absolute Gasteiger partial charge is 0.454 e. The van der Waals surface area contributed by atoms with Crippen LogP contribution >= 0.6 is 0 Å². The molecule has 1 aromatic carbocycles. The monoisotopic (exact) mass is 386 g/mol. The van der Waals surface area contributed by atoms with Crippen LogP contribution in [0.1, 0.15) is 38.7 Å². The van der Waals surface area contributed by atoms with Crippen LogP contribution in [0, 0.1) is 11.8 Å². The number of alkyl halides is 3. The number of rotatable bonds is 4. The minimum absolute atomic E-state index is 0.104. The van der Waals surface area contributed by atoms with Crippen molar-refractivity contribution in [1.29, 1.82) is 0 Å². The Morgan fingerprint density at radius 2 is 1.96 bits per heavy atom. The molecular formula is C19H25F3N2O3. The van der Waals surface area contributed by atoms with Crippen molar-refractivity contribution >= 4 is 6.03 Å². The van der Waals surface area contributed by atoms with Gasteiger partial charge in [-0.15, -0.1) is 0 Å². The molecule has 8 heteroatoms. The van der Waals surface area contributed by atoms with Gasteiger partial charge in [0.15, 0.2) is 11.5 Å². The van der Waals surface area contributed by atoms with Crippen molar-refractivity contribution in [2.75, 3.05) is 13.3 Å². The summed E-state index contributed by atoms with van der Waals surface area (Å²) >= 11 is 0. The van der Waals surface area contributed by atoms with Crippen LogP contribution in [0.4, 0.5) is 18.0 Å². The minimum Gasteiger partial charge on any atom is -0.454 e. The number of hydrogen-bond acceptors (Lipinski definition) is 3. The highest BCUT2D eigenvalue weighted by Crippen LogP contribution is 2.36. The topological polar surface area (TPSA) is 50.8 Å². The maximum absolute atomic E-state index is 12.6. The van der Waals surface area contributed by atoms with Crippen LogP contribution in [-0.4, -0.2) is 36.5 Å². The van der Waals surface area contributed by atoms with E-state index in [0.717, 1.165) is 24.8 Å². The van der Waals surface area contributed by atoms with Gasteiger partial charge in [0, 0.05) is 12.6 Å². The molecule has 1 saturated carbocycles. The van der Waals surface area contributed by atoms with Crippen LogP contribution < -0.4 is 14.8 Å². The molecule has 1 N–H and O–H groups in total. The maximum atomic E-state index is 12.6. The van der Waals surface area contributed by atoms with Gasteiger partial charge in [-0.2, -0.15) is 13.2 Å². The molecule has 0 spiro atoms. The lowest BCUT2D eigenvalue weighted by Crippen LogP contribution is -2.52. The standard InChI is InChI=1S/C19H25F3N2O3/c1-12-4-3-5-15(13(12)2)24(18(25)23-10-19(20,21)22)9-14-6-7-16-17(8-14)27-11-26-16/h6-8,12-13,15H,3-5,9-11H2,1-2H3,(H,23,25). The molecule has 5 nitrogen and oxygen atoms in total. The number of hydrogen-bond donors (Lipinski definition) is 1. The van der Waals surface area contributed by atoms with Crippen LogP contribution in [0.25, 0.3) is 0 Å². The second-order valence-corrected chi connectivity index (χ2v) is 7.42. The van der Waals surface area contributed by atoms with Crippen molar-refractivity contribution in [2.24, 2.45) is 11.8 Å². The second-order valence-electron chi connectivity index (χ2n) is 7.42. The Hall–Kier alpha value is -2.12. The fourth-order valence-corrected chi connectivity index (χ4v) is 3.85. The first kappa shape index (κ1) is 19.6. The van der Waals surface area contributed by atoms with Gasteiger partial charge in [-0.25, -0.2) is 4.79 Å². The molecule has 1 aliphatic heterocycles. The lowest BCUT2D eigenvalue weighted by molar-refractivity contribution is -0.123. The van der Waals surface area contributed by atoms with E-state index in [1.54, 1.807) is 17.0 Å². The van der Waals surface area contributed by atoms with Gasteiger partial charge in [-0.05, 0) is 36.0 Å². The molecule has 1 aromatic rings. The first-order chi connectivity index (χ1) is 12.7. The summed E-state index contributed by atoms with van der Waals surface area (Å²) in [5.41, 5.74) is 0.798. The third-order valence-corrected chi connectivity index (χ3v) is 5.55. The highest BCUT2D eigenvalue weighted by atomic mass is 19.4. The lowest BCUT2D eigenvalue weighted by atomic mass is 9.77. The molecule has 1 heterocycles. The molecule has 0 bridgehead atoms. The average Bonchev–Trinajstić information content (AvgIpc) is 3.07. The van der Waals surface area contributed by atoms with E-state index < -0.39 is 18.8 Å². The molecule has 27 heavy (non-hydrogen) atoms. The fraction of sp³-hybridized carbons (Fsp3) is 0.632. The second kappa shape index (κ2) is 7.86. The van der Waals surface area contributed by atoms with E-state index in [1.807, 2.05) is 11.4 Å². The van der Waals surface area contributed by atoms with Gasteiger partial charge in [0.25, 0.3) is 0 Å². The Kier molecular flexibility index (Phi) is 5.72. The Morgan fingerprint density at radius 1 is 1.22 bits per heavy atom. The first-order valence-corrected chi connectivity index (χ1v) is 9.24. The van der Waals surface area contributed by atoms with Gasteiger partial charge in [0.1, 0.15) is 6.54 Å². The summed E-state index contributed by atoms with van der Waals surface area (Å²) in [6, 6.07) is 4.57. The van der Waals surface area contributed by atoms with Crippen LogP contribution in [0.15, 0.2) is 18.2 Å². The van der Waals surface area contributed by atoms with Crippen molar-refractivity contribution < 1.29 is 27.4 Å². The number of fused-ring (bicyclic) bond motifs is 1. The number of amides is 2. The summed E-state index contributed by atoms with van der Waals surface area (Å²) in [5, 5.41) is 2.03. The highest BCUT2D eigenvalue weighted by molar-refractivity contribution is 5.74. The molecule has 2 aliphatic rings. The first-order valence-electron chi connectivity index (χ1n) is 9.24. The van der Waals surface area contributed by atoms with Crippen molar-refractivity contribution in [3.63, 3.8) is 0 Å². The zero-order valence-corrected chi connectivity index (χ0v) is 15.5. The van der Waals surface area contributed by atoms with E-state index in [2.05, 4.69) is 13.8 Å². The van der Waals surface area contributed by atoms with Crippen molar-refractivity contribution in [3.8, 4) is 11.5 Å². The van der Waals surface area contributed by atoms with Crippen LogP contribution in [0.5, 0.6) is 11.5 Å². The zero-order chi connectivity index (χ0) is 19.6. The third-order valence-electron chi connectivity index (χ3n) is 5.55. The Morgan fingerprint density at radius 3 is 2.70 bits per heavy atom. The van der Waals surface area contributed by atoms with E-state index in [0.29, 0.717) is 17.4 Å². The van der Waals surface area contributed by atoms with Crippen LogP contribution in [-0.2, 0) is 6.54 Å². The molecule has 150 valence electrons. The van der Waals surface area contributed by atoms with Gasteiger partial charge in [0.05, 0.1) is 0 Å². The predicted molar refractivity (Wildman–Crippen MR) is 93.5 cm³/mol. The molecule has 1 aliphatic carbocycles. The van der Waals surface area contributed by atoms with Crippen molar-refractivity contribution in [2.45, 2.75) is 51.9 Å². The summed E-state index contributed by atoms with van der Waals surface area (Å²) in [5.74, 6) is 1.85. The van der Waals surface area contributed by atoms with E-state index in [4.69, 9.17) is 9.47 Å². The van der Waals surface area contributed by atoms with Crippen LogP contribution in [0.3, 0.4) is 0 Å². The summed E-state index contributed by atoms with van der Waals surface area (Å²) < 4.78 is 48.4. The number of ether oxygens (including phenoxy) is 2. The molecule has 3 rings (SSSR count). The van der Waals surface area contributed by atoms with E-state index in [-0.39, 0.29) is 25.3 Å². The Labute approximate surface area is 156 Å². The van der Waals surface area contributed by atoms with Crippen molar-refractivity contribution in [3.05, 3.63) is 23.8 Å². The van der Waals surface area contributed by atoms with Gasteiger partial charge in [0.2, 0.25) is 6.79 Å². The average molecular weight is 386 g/mol. The smallest absolute Gasteiger partial charge is 0.405 e. The number of carbonyl (C=O) groups is 1. The summed E-state index contributed by atoms with van der Waals surface area (Å²) in [7, 11) is 0. The Bertz CT molecular complexity index is 681. The SMILES string of the molecule is CC1CCCC(N(Cc2ccc3c(c2)OCO3)C(=O)NCC(F)(F)F)C1C. The molecule has 2 amide bonds. The van der Waals surface area contributed by atoms with Gasteiger partial charge in [-0.3, -0.25) is 0 Å². The fourth-order valence-electron chi connectivity index (χ4n) is 3.85. The van der Waals surface area contributed by atoms with Crippen molar-refractivity contribution in [1.82, 2.24) is 10.2 Å². The van der Waals surface area contributed by atoms with Gasteiger partial charge < -0.3 is 19.7 Å². The quantitative estimate of drug-likeness (QED) is 0.839. The van der Waals surface area contributed by atoms with E-state index >= 15 is 0 Å². The number of nitrogens with one attached hydrogen (secondary N) is 1. The van der Waals surface area contributed by atoms with Gasteiger partial charge >= 0.3 is 12.2 Å². The predicted octanol–water partition coefficient (Wildman–Crippen LogP) is 4.31. The molecule has 3 atom stereocenters. The molecular weight excluding hydrogens is 361 g/mol. The number of nitrogens with zero attached hydrogens (tertiary/aromatic N) is 1.